The first-order chi connectivity index (χ1) is 15.7. The lowest BCUT2D eigenvalue weighted by Crippen LogP contribution is -2.31. The lowest BCUT2D eigenvalue weighted by atomic mass is 10.1. The first-order valence-electron chi connectivity index (χ1n) is 11.5. The van der Waals surface area contributed by atoms with E-state index in [1.165, 1.54) is 31.5 Å². The molecule has 1 aromatic carbocycles. The van der Waals surface area contributed by atoms with Gasteiger partial charge in [-0.05, 0) is 50.2 Å². The van der Waals surface area contributed by atoms with E-state index in [9.17, 15) is 4.79 Å². The summed E-state index contributed by atoms with van der Waals surface area (Å²) < 4.78 is 0. The summed E-state index contributed by atoms with van der Waals surface area (Å²) in [5, 5.41) is 0. The van der Waals surface area contributed by atoms with Gasteiger partial charge in [0.2, 0.25) is 0 Å². The van der Waals surface area contributed by atoms with Crippen molar-refractivity contribution in [2.24, 2.45) is 0 Å². The maximum absolute atomic E-state index is 13.3. The van der Waals surface area contributed by atoms with Gasteiger partial charge in [0.1, 0.15) is 11.6 Å². The molecule has 0 saturated carbocycles. The molecule has 0 spiro atoms. The highest BCUT2D eigenvalue weighted by Gasteiger charge is 2.19. The number of carbonyl (C=O) groups excluding carboxylic acids is 1. The molecule has 1 amide bonds. The standard InChI is InChI=1S/C24H33N7O/c1-2-12-29-13-3-14-30(16-15-29)17-20-4-6-21(7-5-20)24(32)31(18-22-25-8-9-26-22)19-23-27-10-11-28-23/h4-11H,2-3,12-19H2,1H3,(H,25,26)(H,27,28). The van der Waals surface area contributed by atoms with E-state index in [0.717, 1.165) is 37.8 Å². The summed E-state index contributed by atoms with van der Waals surface area (Å²) in [6, 6.07) is 8.05. The van der Waals surface area contributed by atoms with Gasteiger partial charge in [-0.1, -0.05) is 19.1 Å². The molecule has 4 rings (SSSR count). The second kappa shape index (κ2) is 11.1. The fourth-order valence-corrected chi connectivity index (χ4v) is 4.25. The van der Waals surface area contributed by atoms with Crippen LogP contribution in [-0.4, -0.2) is 73.3 Å². The van der Waals surface area contributed by atoms with Crippen LogP contribution < -0.4 is 0 Å². The smallest absolute Gasteiger partial charge is 0.254 e. The summed E-state index contributed by atoms with van der Waals surface area (Å²) in [6.07, 6.45) is 9.36. The first-order valence-corrected chi connectivity index (χ1v) is 11.5. The quantitative estimate of drug-likeness (QED) is 0.540. The van der Waals surface area contributed by atoms with Crippen molar-refractivity contribution in [3.8, 4) is 0 Å². The van der Waals surface area contributed by atoms with Gasteiger partial charge in [0.25, 0.3) is 5.91 Å². The van der Waals surface area contributed by atoms with Crippen molar-refractivity contribution in [1.82, 2.24) is 34.6 Å². The average Bonchev–Trinajstić information content (AvgIpc) is 3.47. The Hall–Kier alpha value is -2.97. The number of hydrogen-bond acceptors (Lipinski definition) is 5. The molecule has 3 aromatic rings. The summed E-state index contributed by atoms with van der Waals surface area (Å²) >= 11 is 0. The second-order valence-electron chi connectivity index (χ2n) is 8.40. The Morgan fingerprint density at radius 3 is 2.16 bits per heavy atom. The Balaban J connectivity index is 1.39. The Morgan fingerprint density at radius 1 is 0.938 bits per heavy atom. The van der Waals surface area contributed by atoms with Crippen LogP contribution in [0.2, 0.25) is 0 Å². The molecule has 2 aromatic heterocycles. The molecule has 2 N–H and O–H groups in total. The predicted molar refractivity (Wildman–Crippen MR) is 124 cm³/mol. The van der Waals surface area contributed by atoms with Crippen LogP contribution in [0.4, 0.5) is 0 Å². The molecule has 1 aliphatic rings. The summed E-state index contributed by atoms with van der Waals surface area (Å²) in [4.78, 5) is 34.8. The third-order valence-corrected chi connectivity index (χ3v) is 5.91. The number of rotatable bonds is 9. The Labute approximate surface area is 189 Å². The number of hydrogen-bond donors (Lipinski definition) is 2. The van der Waals surface area contributed by atoms with Crippen molar-refractivity contribution in [2.75, 3.05) is 32.7 Å². The van der Waals surface area contributed by atoms with Crippen LogP contribution in [0.3, 0.4) is 0 Å². The molecule has 1 saturated heterocycles. The number of aromatic amines is 2. The van der Waals surface area contributed by atoms with Crippen molar-refractivity contribution in [1.29, 1.82) is 0 Å². The van der Waals surface area contributed by atoms with E-state index >= 15 is 0 Å². The molecule has 0 unspecified atom stereocenters. The Bertz CT molecular complexity index is 901. The topological polar surface area (TPSA) is 84.2 Å². The normalized spacial score (nSPS) is 15.5. The van der Waals surface area contributed by atoms with E-state index in [0.29, 0.717) is 18.7 Å². The van der Waals surface area contributed by atoms with Gasteiger partial charge in [-0.25, -0.2) is 9.97 Å². The maximum Gasteiger partial charge on any atom is 0.254 e. The number of amides is 1. The molecule has 3 heterocycles. The molecule has 0 atom stereocenters. The highest BCUT2D eigenvalue weighted by atomic mass is 16.2. The number of H-pyrrole nitrogens is 2. The number of aromatic nitrogens is 4. The third-order valence-electron chi connectivity index (χ3n) is 5.91. The lowest BCUT2D eigenvalue weighted by Gasteiger charge is -2.22. The van der Waals surface area contributed by atoms with E-state index in [1.54, 1.807) is 29.7 Å². The van der Waals surface area contributed by atoms with Crippen molar-refractivity contribution in [3.05, 3.63) is 71.8 Å². The Morgan fingerprint density at radius 2 is 1.56 bits per heavy atom. The van der Waals surface area contributed by atoms with Crippen molar-refractivity contribution < 1.29 is 4.79 Å². The molecule has 0 radical (unpaired) electrons. The predicted octanol–water partition coefficient (Wildman–Crippen LogP) is 2.89. The van der Waals surface area contributed by atoms with Gasteiger partial charge < -0.3 is 19.8 Å². The van der Waals surface area contributed by atoms with E-state index in [1.807, 2.05) is 12.1 Å². The van der Waals surface area contributed by atoms with Gasteiger partial charge >= 0.3 is 0 Å². The molecular weight excluding hydrogens is 402 g/mol. The minimum Gasteiger partial charge on any atom is -0.347 e. The average molecular weight is 436 g/mol. The van der Waals surface area contributed by atoms with Gasteiger partial charge in [0, 0.05) is 50.0 Å². The molecular formula is C24H33N7O. The van der Waals surface area contributed by atoms with Crippen LogP contribution in [0.1, 0.15) is 47.3 Å². The molecule has 8 nitrogen and oxygen atoms in total. The maximum atomic E-state index is 13.3. The highest BCUT2D eigenvalue weighted by Crippen LogP contribution is 2.14. The van der Waals surface area contributed by atoms with E-state index < -0.39 is 0 Å². The van der Waals surface area contributed by atoms with Crippen LogP contribution in [0.25, 0.3) is 0 Å². The van der Waals surface area contributed by atoms with Crippen molar-refractivity contribution in [2.45, 2.75) is 39.4 Å². The van der Waals surface area contributed by atoms with Crippen LogP contribution in [0, 0.1) is 0 Å². The largest absolute Gasteiger partial charge is 0.347 e. The molecule has 0 bridgehead atoms. The van der Waals surface area contributed by atoms with Gasteiger partial charge in [0.05, 0.1) is 13.1 Å². The van der Waals surface area contributed by atoms with E-state index in [4.69, 9.17) is 0 Å². The summed E-state index contributed by atoms with van der Waals surface area (Å²) in [5.41, 5.74) is 1.92. The SMILES string of the molecule is CCCN1CCCN(Cc2ccc(C(=O)N(Cc3ncc[nH]3)Cc3ncc[nH]3)cc2)CC1. The summed E-state index contributed by atoms with van der Waals surface area (Å²) in [6.45, 7) is 9.72. The van der Waals surface area contributed by atoms with Crippen molar-refractivity contribution >= 4 is 5.91 Å². The monoisotopic (exact) mass is 435 g/mol. The molecule has 32 heavy (non-hydrogen) atoms. The van der Waals surface area contributed by atoms with Gasteiger partial charge in [0.15, 0.2) is 0 Å². The molecule has 1 aliphatic heterocycles. The van der Waals surface area contributed by atoms with Crippen LogP contribution in [0.5, 0.6) is 0 Å². The fraction of sp³-hybridized carbons (Fsp3) is 0.458. The van der Waals surface area contributed by atoms with Crippen LogP contribution in [0.15, 0.2) is 49.1 Å². The zero-order valence-corrected chi connectivity index (χ0v) is 18.8. The lowest BCUT2D eigenvalue weighted by molar-refractivity contribution is 0.0721. The number of imidazole rings is 2. The zero-order chi connectivity index (χ0) is 22.2. The minimum absolute atomic E-state index is 0.0330. The molecule has 1 fully saturated rings. The van der Waals surface area contributed by atoms with E-state index in [-0.39, 0.29) is 5.91 Å². The molecule has 170 valence electrons. The van der Waals surface area contributed by atoms with Gasteiger partial charge in [-0.15, -0.1) is 0 Å². The summed E-state index contributed by atoms with van der Waals surface area (Å²) in [7, 11) is 0. The second-order valence-corrected chi connectivity index (χ2v) is 8.40. The number of nitrogens with zero attached hydrogens (tertiary/aromatic N) is 5. The Kier molecular flexibility index (Phi) is 7.68. The molecule has 8 heteroatoms. The fourth-order valence-electron chi connectivity index (χ4n) is 4.25. The first kappa shape index (κ1) is 22.2. The molecule has 0 aliphatic carbocycles. The van der Waals surface area contributed by atoms with Crippen molar-refractivity contribution in [3.63, 3.8) is 0 Å². The summed E-state index contributed by atoms with van der Waals surface area (Å²) in [5.74, 6) is 1.47. The van der Waals surface area contributed by atoms with Gasteiger partial charge in [-0.3, -0.25) is 9.69 Å². The minimum atomic E-state index is -0.0330. The number of carbonyl (C=O) groups is 1. The third kappa shape index (κ3) is 6.05. The van der Waals surface area contributed by atoms with Crippen LogP contribution >= 0.6 is 0 Å². The van der Waals surface area contributed by atoms with Gasteiger partial charge in [-0.2, -0.15) is 0 Å². The van der Waals surface area contributed by atoms with E-state index in [2.05, 4.69) is 48.8 Å². The zero-order valence-electron chi connectivity index (χ0n) is 18.8. The van der Waals surface area contributed by atoms with Crippen LogP contribution in [-0.2, 0) is 19.6 Å². The number of benzene rings is 1. The number of nitrogens with one attached hydrogen (secondary N) is 2. The highest BCUT2D eigenvalue weighted by molar-refractivity contribution is 5.94.